The average molecular weight is 341 g/mol. The van der Waals surface area contributed by atoms with Gasteiger partial charge in [-0.2, -0.15) is 5.10 Å². The second-order valence-corrected chi connectivity index (χ2v) is 6.98. The Morgan fingerprint density at radius 2 is 1.96 bits per heavy atom. The largest absolute Gasteiger partial charge is 0.480 e. The van der Waals surface area contributed by atoms with Crippen LogP contribution in [0.2, 0.25) is 0 Å². The minimum Gasteiger partial charge on any atom is -0.480 e. The van der Waals surface area contributed by atoms with Crippen molar-refractivity contribution in [3.05, 3.63) is 46.8 Å². The van der Waals surface area contributed by atoms with E-state index in [1.165, 1.54) is 4.90 Å². The lowest BCUT2D eigenvalue weighted by Crippen LogP contribution is -2.50. The lowest BCUT2D eigenvalue weighted by atomic mass is 9.98. The number of hydrogen-bond donors (Lipinski definition) is 1. The number of amides is 1. The molecule has 1 amide bonds. The van der Waals surface area contributed by atoms with Gasteiger partial charge in [0.15, 0.2) is 0 Å². The maximum atomic E-state index is 13.0. The summed E-state index contributed by atoms with van der Waals surface area (Å²) in [7, 11) is 0. The molecule has 6 heteroatoms. The number of hydrogen-bond acceptors (Lipinski definition) is 3. The van der Waals surface area contributed by atoms with Crippen molar-refractivity contribution in [3.8, 4) is 5.69 Å². The molecule has 1 fully saturated rings. The minimum absolute atomic E-state index is 0.267. The number of benzene rings is 1. The molecule has 1 unspecified atom stereocenters. The van der Waals surface area contributed by atoms with Gasteiger partial charge in [0.1, 0.15) is 5.54 Å². The molecular weight excluding hydrogens is 318 g/mol. The van der Waals surface area contributed by atoms with E-state index in [4.69, 9.17) is 0 Å². The molecule has 1 aliphatic heterocycles. The SMILES string of the molecule is Cc1ccc(C)c(-n2ncc(C(=O)N3CCCC3(C)C(=O)O)c2C)c1. The van der Waals surface area contributed by atoms with Crippen LogP contribution in [0.4, 0.5) is 0 Å². The number of aromatic nitrogens is 2. The van der Waals surface area contributed by atoms with E-state index < -0.39 is 11.5 Å². The summed E-state index contributed by atoms with van der Waals surface area (Å²) < 4.78 is 1.75. The van der Waals surface area contributed by atoms with Gasteiger partial charge < -0.3 is 10.0 Å². The van der Waals surface area contributed by atoms with Crippen molar-refractivity contribution in [1.29, 1.82) is 0 Å². The Labute approximate surface area is 147 Å². The van der Waals surface area contributed by atoms with E-state index in [-0.39, 0.29) is 5.91 Å². The quantitative estimate of drug-likeness (QED) is 0.931. The first-order valence-corrected chi connectivity index (χ1v) is 8.43. The first kappa shape index (κ1) is 17.2. The average Bonchev–Trinajstić information content (AvgIpc) is 3.13. The van der Waals surface area contributed by atoms with Gasteiger partial charge in [-0.1, -0.05) is 12.1 Å². The summed E-state index contributed by atoms with van der Waals surface area (Å²) in [6.45, 7) is 7.92. The van der Waals surface area contributed by atoms with Gasteiger partial charge in [-0.05, 0) is 57.7 Å². The fourth-order valence-electron chi connectivity index (χ4n) is 3.47. The smallest absolute Gasteiger partial charge is 0.329 e. The van der Waals surface area contributed by atoms with Crippen LogP contribution >= 0.6 is 0 Å². The number of aliphatic carboxylic acids is 1. The molecule has 132 valence electrons. The Kier molecular flexibility index (Phi) is 4.14. The molecular formula is C19H23N3O3. The molecule has 1 saturated heterocycles. The fourth-order valence-corrected chi connectivity index (χ4v) is 3.47. The standard InChI is InChI=1S/C19H23N3O3/c1-12-6-7-13(2)16(10-12)22-14(3)15(11-20-22)17(23)21-9-5-8-19(21,4)18(24)25/h6-7,10-11H,5,8-9H2,1-4H3,(H,24,25). The van der Waals surface area contributed by atoms with Crippen LogP contribution in [0.1, 0.15) is 46.9 Å². The van der Waals surface area contributed by atoms with E-state index in [1.807, 2.05) is 39.0 Å². The molecule has 2 heterocycles. The number of aryl methyl sites for hydroxylation is 2. The number of nitrogens with zero attached hydrogens (tertiary/aromatic N) is 3. The zero-order valence-electron chi connectivity index (χ0n) is 15.0. The monoisotopic (exact) mass is 341 g/mol. The highest BCUT2D eigenvalue weighted by molar-refractivity contribution is 5.99. The third kappa shape index (κ3) is 2.71. The van der Waals surface area contributed by atoms with Crippen LogP contribution in [0.5, 0.6) is 0 Å². The van der Waals surface area contributed by atoms with Crippen LogP contribution in [0, 0.1) is 20.8 Å². The van der Waals surface area contributed by atoms with Crippen molar-refractivity contribution in [3.63, 3.8) is 0 Å². The second-order valence-electron chi connectivity index (χ2n) is 6.98. The molecule has 0 saturated carbocycles. The van der Waals surface area contributed by atoms with E-state index in [2.05, 4.69) is 5.10 Å². The van der Waals surface area contributed by atoms with Gasteiger partial charge in [0.05, 0.1) is 23.1 Å². The van der Waals surface area contributed by atoms with E-state index in [0.717, 1.165) is 22.5 Å². The molecule has 0 radical (unpaired) electrons. The first-order valence-electron chi connectivity index (χ1n) is 8.43. The molecule has 0 spiro atoms. The highest BCUT2D eigenvalue weighted by atomic mass is 16.4. The number of rotatable bonds is 3. The molecule has 25 heavy (non-hydrogen) atoms. The van der Waals surface area contributed by atoms with Gasteiger partial charge in [0, 0.05) is 6.54 Å². The van der Waals surface area contributed by atoms with Crippen molar-refractivity contribution in [2.45, 2.75) is 46.1 Å². The summed E-state index contributed by atoms with van der Waals surface area (Å²) >= 11 is 0. The number of carboxylic acids is 1. The maximum absolute atomic E-state index is 13.0. The van der Waals surface area contributed by atoms with Crippen molar-refractivity contribution < 1.29 is 14.7 Å². The van der Waals surface area contributed by atoms with Crippen LogP contribution < -0.4 is 0 Å². The van der Waals surface area contributed by atoms with Gasteiger partial charge >= 0.3 is 5.97 Å². The van der Waals surface area contributed by atoms with E-state index >= 15 is 0 Å². The highest BCUT2D eigenvalue weighted by Gasteiger charge is 2.46. The summed E-state index contributed by atoms with van der Waals surface area (Å²) in [5, 5.41) is 13.9. The number of carboxylic acid groups (broad SMARTS) is 1. The second kappa shape index (κ2) is 6.02. The topological polar surface area (TPSA) is 75.4 Å². The van der Waals surface area contributed by atoms with Crippen molar-refractivity contribution in [2.24, 2.45) is 0 Å². The van der Waals surface area contributed by atoms with Gasteiger partial charge in [-0.25, -0.2) is 9.48 Å². The molecule has 1 aromatic heterocycles. The van der Waals surface area contributed by atoms with E-state index in [9.17, 15) is 14.7 Å². The van der Waals surface area contributed by atoms with Crippen LogP contribution in [-0.2, 0) is 4.79 Å². The summed E-state index contributed by atoms with van der Waals surface area (Å²) in [5.74, 6) is -1.23. The number of carbonyl (C=O) groups is 2. The minimum atomic E-state index is -1.15. The van der Waals surface area contributed by atoms with Crippen molar-refractivity contribution >= 4 is 11.9 Å². The molecule has 3 rings (SSSR count). The molecule has 1 aliphatic rings. The summed E-state index contributed by atoms with van der Waals surface area (Å²) in [6, 6.07) is 6.09. The van der Waals surface area contributed by atoms with Crippen molar-refractivity contribution in [2.75, 3.05) is 6.54 Å². The van der Waals surface area contributed by atoms with Gasteiger partial charge in [-0.15, -0.1) is 0 Å². The van der Waals surface area contributed by atoms with Crippen LogP contribution in [0.25, 0.3) is 5.69 Å². The third-order valence-corrected chi connectivity index (χ3v) is 5.18. The van der Waals surface area contributed by atoms with Gasteiger partial charge in [-0.3, -0.25) is 4.79 Å². The third-order valence-electron chi connectivity index (χ3n) is 5.18. The van der Waals surface area contributed by atoms with E-state index in [0.29, 0.717) is 24.9 Å². The van der Waals surface area contributed by atoms with Crippen LogP contribution in [0.3, 0.4) is 0 Å². The Hall–Kier alpha value is -2.63. The molecule has 0 bridgehead atoms. The van der Waals surface area contributed by atoms with Gasteiger partial charge in [0.25, 0.3) is 5.91 Å². The molecule has 1 aromatic carbocycles. The first-order chi connectivity index (χ1) is 11.8. The molecule has 0 aliphatic carbocycles. The highest BCUT2D eigenvalue weighted by Crippen LogP contribution is 2.31. The molecule has 6 nitrogen and oxygen atoms in total. The lowest BCUT2D eigenvalue weighted by Gasteiger charge is -2.31. The lowest BCUT2D eigenvalue weighted by molar-refractivity contribution is -0.147. The Balaban J connectivity index is 2.00. The summed E-state index contributed by atoms with van der Waals surface area (Å²) in [4.78, 5) is 26.1. The summed E-state index contributed by atoms with van der Waals surface area (Å²) in [6.07, 6.45) is 2.71. The fraction of sp³-hybridized carbons (Fsp3) is 0.421. The van der Waals surface area contributed by atoms with Crippen LogP contribution in [0.15, 0.2) is 24.4 Å². The van der Waals surface area contributed by atoms with Gasteiger partial charge in [0.2, 0.25) is 0 Å². The normalized spacial score (nSPS) is 20.1. The van der Waals surface area contributed by atoms with Crippen LogP contribution in [-0.4, -0.2) is 43.7 Å². The summed E-state index contributed by atoms with van der Waals surface area (Å²) in [5.41, 5.74) is 3.13. The van der Waals surface area contributed by atoms with E-state index in [1.54, 1.807) is 17.8 Å². The molecule has 1 N–H and O–H groups in total. The zero-order valence-corrected chi connectivity index (χ0v) is 15.0. The Morgan fingerprint density at radius 3 is 2.64 bits per heavy atom. The predicted octanol–water partition coefficient (Wildman–Crippen LogP) is 2.88. The Morgan fingerprint density at radius 1 is 1.24 bits per heavy atom. The predicted molar refractivity (Wildman–Crippen MR) is 94.1 cm³/mol. The number of carbonyl (C=O) groups excluding carboxylic acids is 1. The maximum Gasteiger partial charge on any atom is 0.329 e. The Bertz CT molecular complexity index is 856. The molecule has 2 aromatic rings. The molecule has 1 atom stereocenters. The number of likely N-dealkylation sites (tertiary alicyclic amines) is 1. The zero-order chi connectivity index (χ0) is 18.4. The van der Waals surface area contributed by atoms with Crippen molar-refractivity contribution in [1.82, 2.24) is 14.7 Å².